The molecule has 1 fully saturated rings. The van der Waals surface area contributed by atoms with Crippen molar-refractivity contribution in [1.29, 1.82) is 0 Å². The molecule has 0 amide bonds. The summed E-state index contributed by atoms with van der Waals surface area (Å²) in [5, 5.41) is 6.89. The molecule has 2 unspecified atom stereocenters. The molecule has 0 radical (unpaired) electrons. The fourth-order valence-corrected chi connectivity index (χ4v) is 2.09. The van der Waals surface area contributed by atoms with Crippen molar-refractivity contribution in [2.24, 2.45) is 5.92 Å². The third-order valence-corrected chi connectivity index (χ3v) is 2.79. The summed E-state index contributed by atoms with van der Waals surface area (Å²) in [5.41, 5.74) is 1.63. The molecule has 2 heterocycles. The molecule has 2 atom stereocenters. The Balaban J connectivity index is 2.15. The van der Waals surface area contributed by atoms with Crippen LogP contribution < -0.4 is 10.6 Å². The number of rotatable bonds is 0. The zero-order valence-corrected chi connectivity index (χ0v) is 7.06. The van der Waals surface area contributed by atoms with E-state index in [0.29, 0.717) is 6.04 Å². The van der Waals surface area contributed by atoms with Crippen molar-refractivity contribution in [2.75, 3.05) is 19.6 Å². The number of hydrogen-bond acceptors (Lipinski definition) is 2. The zero-order valence-electron chi connectivity index (χ0n) is 7.06. The minimum absolute atomic E-state index is 0.625. The molecule has 0 bridgehead atoms. The monoisotopic (exact) mass is 152 g/mol. The van der Waals surface area contributed by atoms with E-state index in [1.807, 2.05) is 0 Å². The minimum Gasteiger partial charge on any atom is -0.313 e. The van der Waals surface area contributed by atoms with E-state index in [1.54, 1.807) is 5.57 Å². The zero-order chi connectivity index (χ0) is 7.68. The molecule has 2 heteroatoms. The van der Waals surface area contributed by atoms with Crippen LogP contribution in [0.2, 0.25) is 0 Å². The highest BCUT2D eigenvalue weighted by Crippen LogP contribution is 2.24. The molecule has 62 valence electrons. The molecule has 0 aliphatic carbocycles. The van der Waals surface area contributed by atoms with Crippen LogP contribution in [0, 0.1) is 5.92 Å². The van der Waals surface area contributed by atoms with Gasteiger partial charge in [-0.15, -0.1) is 0 Å². The minimum atomic E-state index is 0.625. The number of nitrogens with one attached hydrogen (secondary N) is 2. The predicted octanol–water partition coefficient (Wildman–Crippen LogP) is 0.514. The Morgan fingerprint density at radius 3 is 3.36 bits per heavy atom. The molecule has 11 heavy (non-hydrogen) atoms. The average molecular weight is 152 g/mol. The molecule has 0 aromatic rings. The van der Waals surface area contributed by atoms with Gasteiger partial charge in [0.2, 0.25) is 0 Å². The van der Waals surface area contributed by atoms with E-state index in [1.165, 1.54) is 19.5 Å². The lowest BCUT2D eigenvalue weighted by atomic mass is 9.96. The van der Waals surface area contributed by atoms with Crippen LogP contribution in [-0.2, 0) is 0 Å². The second kappa shape index (κ2) is 2.95. The van der Waals surface area contributed by atoms with Crippen LogP contribution in [-0.4, -0.2) is 25.7 Å². The van der Waals surface area contributed by atoms with Crippen LogP contribution >= 0.6 is 0 Å². The Hall–Kier alpha value is -0.340. The summed E-state index contributed by atoms with van der Waals surface area (Å²) in [7, 11) is 0. The van der Waals surface area contributed by atoms with E-state index in [0.717, 1.165) is 12.5 Å². The standard InChI is InChI=1S/C9H16N2/c1-7-9-3-5-10-4-2-8(9)6-11-7/h3,7-8,10-11H,2,4-6H2,1H3. The Morgan fingerprint density at radius 2 is 2.45 bits per heavy atom. The Morgan fingerprint density at radius 1 is 1.55 bits per heavy atom. The van der Waals surface area contributed by atoms with Gasteiger partial charge < -0.3 is 10.6 Å². The Bertz CT molecular complexity index is 174. The van der Waals surface area contributed by atoms with Crippen LogP contribution in [0.5, 0.6) is 0 Å². The second-order valence-corrected chi connectivity index (χ2v) is 3.52. The molecule has 0 saturated carbocycles. The van der Waals surface area contributed by atoms with Gasteiger partial charge in [-0.3, -0.25) is 0 Å². The van der Waals surface area contributed by atoms with Crippen molar-refractivity contribution in [3.05, 3.63) is 11.6 Å². The van der Waals surface area contributed by atoms with Gasteiger partial charge in [-0.2, -0.15) is 0 Å². The first-order chi connectivity index (χ1) is 5.38. The molecule has 2 N–H and O–H groups in total. The highest BCUT2D eigenvalue weighted by molar-refractivity contribution is 5.20. The van der Waals surface area contributed by atoms with Crippen LogP contribution in [0.4, 0.5) is 0 Å². The normalized spacial score (nSPS) is 37.7. The fourth-order valence-electron chi connectivity index (χ4n) is 2.09. The van der Waals surface area contributed by atoms with Gasteiger partial charge in [0.05, 0.1) is 0 Å². The van der Waals surface area contributed by atoms with Crippen molar-refractivity contribution in [3.63, 3.8) is 0 Å². The smallest absolute Gasteiger partial charge is 0.0255 e. The Labute approximate surface area is 68.1 Å². The van der Waals surface area contributed by atoms with E-state index in [4.69, 9.17) is 0 Å². The van der Waals surface area contributed by atoms with E-state index < -0.39 is 0 Å². The van der Waals surface area contributed by atoms with Gasteiger partial charge in [0, 0.05) is 19.1 Å². The predicted molar refractivity (Wildman–Crippen MR) is 46.5 cm³/mol. The number of hydrogen-bond donors (Lipinski definition) is 2. The van der Waals surface area contributed by atoms with Crippen LogP contribution in [0.25, 0.3) is 0 Å². The topological polar surface area (TPSA) is 24.1 Å². The van der Waals surface area contributed by atoms with Gasteiger partial charge in [-0.1, -0.05) is 11.6 Å². The van der Waals surface area contributed by atoms with E-state index >= 15 is 0 Å². The summed E-state index contributed by atoms with van der Waals surface area (Å²) < 4.78 is 0. The average Bonchev–Trinajstić information content (AvgIpc) is 2.25. The number of fused-ring (bicyclic) bond motifs is 1. The van der Waals surface area contributed by atoms with Crippen molar-refractivity contribution in [1.82, 2.24) is 10.6 Å². The van der Waals surface area contributed by atoms with E-state index in [2.05, 4.69) is 23.6 Å². The molecule has 0 aromatic heterocycles. The summed E-state index contributed by atoms with van der Waals surface area (Å²) in [6.45, 7) is 5.70. The molecule has 2 aliphatic rings. The Kier molecular flexibility index (Phi) is 1.96. The third kappa shape index (κ3) is 1.33. The maximum atomic E-state index is 3.49. The van der Waals surface area contributed by atoms with E-state index in [-0.39, 0.29) is 0 Å². The molecule has 1 saturated heterocycles. The van der Waals surface area contributed by atoms with Crippen LogP contribution in [0.15, 0.2) is 11.6 Å². The first-order valence-corrected chi connectivity index (χ1v) is 4.52. The van der Waals surface area contributed by atoms with Gasteiger partial charge in [0.25, 0.3) is 0 Å². The largest absolute Gasteiger partial charge is 0.313 e. The summed E-state index contributed by atoms with van der Waals surface area (Å²) in [6, 6.07) is 0.625. The van der Waals surface area contributed by atoms with Crippen molar-refractivity contribution < 1.29 is 0 Å². The van der Waals surface area contributed by atoms with E-state index in [9.17, 15) is 0 Å². The van der Waals surface area contributed by atoms with Crippen molar-refractivity contribution in [2.45, 2.75) is 19.4 Å². The second-order valence-electron chi connectivity index (χ2n) is 3.52. The van der Waals surface area contributed by atoms with Gasteiger partial charge >= 0.3 is 0 Å². The highest BCUT2D eigenvalue weighted by atomic mass is 15.0. The lowest BCUT2D eigenvalue weighted by molar-refractivity contribution is 0.576. The highest BCUT2D eigenvalue weighted by Gasteiger charge is 2.26. The third-order valence-electron chi connectivity index (χ3n) is 2.79. The lowest BCUT2D eigenvalue weighted by Gasteiger charge is -2.08. The summed E-state index contributed by atoms with van der Waals surface area (Å²) in [6.07, 6.45) is 3.67. The summed E-state index contributed by atoms with van der Waals surface area (Å²) in [5.74, 6) is 0.819. The van der Waals surface area contributed by atoms with Gasteiger partial charge in [-0.25, -0.2) is 0 Å². The first kappa shape index (κ1) is 7.32. The molecular weight excluding hydrogens is 136 g/mol. The van der Waals surface area contributed by atoms with Crippen molar-refractivity contribution >= 4 is 0 Å². The summed E-state index contributed by atoms with van der Waals surface area (Å²) >= 11 is 0. The summed E-state index contributed by atoms with van der Waals surface area (Å²) in [4.78, 5) is 0. The maximum absolute atomic E-state index is 3.49. The molecule has 2 rings (SSSR count). The molecule has 0 aromatic carbocycles. The van der Waals surface area contributed by atoms with Gasteiger partial charge in [0.1, 0.15) is 0 Å². The van der Waals surface area contributed by atoms with Crippen molar-refractivity contribution in [3.8, 4) is 0 Å². The molecule has 2 aliphatic heterocycles. The maximum Gasteiger partial charge on any atom is 0.0255 e. The first-order valence-electron chi connectivity index (χ1n) is 4.52. The lowest BCUT2D eigenvalue weighted by Crippen LogP contribution is -2.20. The molecule has 0 spiro atoms. The van der Waals surface area contributed by atoms with Gasteiger partial charge in [0.15, 0.2) is 0 Å². The fraction of sp³-hybridized carbons (Fsp3) is 0.778. The molecule has 2 nitrogen and oxygen atoms in total. The van der Waals surface area contributed by atoms with Gasteiger partial charge in [-0.05, 0) is 25.8 Å². The quantitative estimate of drug-likeness (QED) is 0.494. The van der Waals surface area contributed by atoms with Crippen LogP contribution in [0.3, 0.4) is 0 Å². The molecular formula is C9H16N2. The van der Waals surface area contributed by atoms with Crippen LogP contribution in [0.1, 0.15) is 13.3 Å². The SMILES string of the molecule is CC1NCC2CCNCC=C21.